The van der Waals surface area contributed by atoms with E-state index < -0.39 is 17.6 Å². The Morgan fingerprint density at radius 3 is 2.71 bits per heavy atom. The van der Waals surface area contributed by atoms with Crippen LogP contribution in [0.4, 0.5) is 17.6 Å². The number of thiol groups is 1. The highest BCUT2D eigenvalue weighted by atomic mass is 32.1. The largest absolute Gasteiger partial charge is 0.412 e. The van der Waals surface area contributed by atoms with E-state index in [0.29, 0.717) is 29.7 Å². The topological polar surface area (TPSA) is 26.0 Å². The highest BCUT2D eigenvalue weighted by molar-refractivity contribution is 7.80. The summed E-state index contributed by atoms with van der Waals surface area (Å²) in [6.45, 7) is 1.56. The van der Waals surface area contributed by atoms with E-state index in [-0.39, 0.29) is 18.9 Å². The monoisotopic (exact) mass is 361 g/mol. The molecule has 134 valence electrons. The highest BCUT2D eigenvalue weighted by Gasteiger charge is 2.33. The molecule has 1 aliphatic carbocycles. The molecule has 0 heterocycles. The fourth-order valence-corrected chi connectivity index (χ4v) is 2.56. The number of hydrogen-bond donors (Lipinski definition) is 2. The van der Waals surface area contributed by atoms with Gasteiger partial charge in [0.2, 0.25) is 0 Å². The van der Waals surface area contributed by atoms with E-state index in [2.05, 4.69) is 12.6 Å². The van der Waals surface area contributed by atoms with Crippen LogP contribution in [-0.2, 0) is 0 Å². The van der Waals surface area contributed by atoms with Crippen LogP contribution in [-0.4, -0.2) is 18.0 Å². The Bertz CT molecular complexity index is 568. The van der Waals surface area contributed by atoms with Gasteiger partial charge in [0.15, 0.2) is 0 Å². The molecular formula is C18H23F4NS. The van der Waals surface area contributed by atoms with Crippen LogP contribution in [0.5, 0.6) is 0 Å². The molecule has 0 aromatic rings. The second kappa shape index (κ2) is 9.89. The average molecular weight is 361 g/mol. The van der Waals surface area contributed by atoms with E-state index in [0.717, 1.165) is 6.08 Å². The predicted octanol–water partition coefficient (Wildman–Crippen LogP) is 5.59. The Morgan fingerprint density at radius 2 is 2.12 bits per heavy atom. The smallest absolute Gasteiger partial charge is 0.324 e. The number of rotatable bonds is 7. The third-order valence-corrected chi connectivity index (χ3v) is 3.83. The van der Waals surface area contributed by atoms with E-state index in [1.807, 2.05) is 0 Å². The van der Waals surface area contributed by atoms with Gasteiger partial charge in [-0.25, -0.2) is 4.39 Å². The van der Waals surface area contributed by atoms with Gasteiger partial charge in [-0.15, -0.1) is 0 Å². The van der Waals surface area contributed by atoms with E-state index >= 15 is 0 Å². The molecule has 0 aromatic carbocycles. The van der Waals surface area contributed by atoms with Crippen molar-refractivity contribution in [1.82, 2.24) is 0 Å². The quantitative estimate of drug-likeness (QED) is 0.345. The summed E-state index contributed by atoms with van der Waals surface area (Å²) in [4.78, 5) is 0. The van der Waals surface area contributed by atoms with Gasteiger partial charge in [0, 0.05) is 11.6 Å². The molecule has 0 amide bonds. The van der Waals surface area contributed by atoms with Crippen molar-refractivity contribution in [3.05, 3.63) is 59.0 Å². The second-order valence-electron chi connectivity index (χ2n) is 5.59. The number of nitrogens with two attached hydrogens (primary N) is 1. The summed E-state index contributed by atoms with van der Waals surface area (Å²) in [5, 5.41) is 0. The summed E-state index contributed by atoms with van der Waals surface area (Å²) in [7, 11) is 0. The van der Waals surface area contributed by atoms with E-state index in [1.54, 1.807) is 25.2 Å². The lowest BCUT2D eigenvalue weighted by Crippen LogP contribution is -2.17. The maximum atomic E-state index is 13.6. The van der Waals surface area contributed by atoms with Crippen molar-refractivity contribution in [2.45, 2.75) is 44.8 Å². The maximum absolute atomic E-state index is 13.6. The summed E-state index contributed by atoms with van der Waals surface area (Å²) >= 11 is 4.10. The normalized spacial score (nSPS) is 18.6. The van der Waals surface area contributed by atoms with Crippen LogP contribution in [0.3, 0.4) is 0 Å². The molecule has 6 heteroatoms. The zero-order chi connectivity index (χ0) is 18.2. The number of hydrogen-bond acceptors (Lipinski definition) is 2. The van der Waals surface area contributed by atoms with Crippen LogP contribution in [0, 0.1) is 0 Å². The maximum Gasteiger partial charge on any atom is 0.412 e. The van der Waals surface area contributed by atoms with E-state index in [9.17, 15) is 17.6 Å². The van der Waals surface area contributed by atoms with Crippen LogP contribution in [0.2, 0.25) is 0 Å². The van der Waals surface area contributed by atoms with Crippen molar-refractivity contribution >= 4 is 12.6 Å². The summed E-state index contributed by atoms with van der Waals surface area (Å²) < 4.78 is 52.1. The molecule has 1 atom stereocenters. The van der Waals surface area contributed by atoms with Gasteiger partial charge in [-0.3, -0.25) is 0 Å². The van der Waals surface area contributed by atoms with Gasteiger partial charge in [-0.05, 0) is 55.6 Å². The molecule has 0 saturated heterocycles. The van der Waals surface area contributed by atoms with Crippen LogP contribution in [0.15, 0.2) is 59.0 Å². The third-order valence-electron chi connectivity index (χ3n) is 3.57. The highest BCUT2D eigenvalue weighted by Crippen LogP contribution is 2.34. The van der Waals surface area contributed by atoms with E-state index in [4.69, 9.17) is 5.73 Å². The molecule has 1 nitrogen and oxygen atoms in total. The minimum atomic E-state index is -4.32. The molecule has 1 aliphatic rings. The zero-order valence-corrected chi connectivity index (χ0v) is 14.5. The molecule has 0 fully saturated rings. The van der Waals surface area contributed by atoms with Gasteiger partial charge in [0.05, 0.1) is 0 Å². The summed E-state index contributed by atoms with van der Waals surface area (Å²) in [6.07, 6.45) is 5.84. The number of halogens is 4. The first-order valence-electron chi connectivity index (χ1n) is 7.80. The molecule has 0 aliphatic heterocycles. The van der Waals surface area contributed by atoms with Crippen molar-refractivity contribution in [1.29, 1.82) is 0 Å². The Balaban J connectivity index is 2.95. The first-order chi connectivity index (χ1) is 11.3. The molecule has 0 aromatic heterocycles. The molecule has 1 rings (SSSR count). The van der Waals surface area contributed by atoms with Crippen LogP contribution >= 0.6 is 12.6 Å². The second-order valence-corrected chi connectivity index (χ2v) is 6.04. The molecule has 2 N–H and O–H groups in total. The molecular weight excluding hydrogens is 338 g/mol. The van der Waals surface area contributed by atoms with Gasteiger partial charge in [0.1, 0.15) is 5.83 Å². The van der Waals surface area contributed by atoms with Crippen LogP contribution < -0.4 is 5.73 Å². The zero-order valence-electron chi connectivity index (χ0n) is 13.6. The van der Waals surface area contributed by atoms with Crippen LogP contribution in [0.25, 0.3) is 0 Å². The van der Waals surface area contributed by atoms with Crippen molar-refractivity contribution in [3.8, 4) is 0 Å². The Kier molecular flexibility index (Phi) is 8.56. The molecule has 1 unspecified atom stereocenters. The van der Waals surface area contributed by atoms with Gasteiger partial charge in [-0.2, -0.15) is 25.8 Å². The third kappa shape index (κ3) is 7.53. The van der Waals surface area contributed by atoms with Gasteiger partial charge in [-0.1, -0.05) is 30.4 Å². The Hall–Kier alpha value is -1.27. The minimum absolute atomic E-state index is 0.0159. The van der Waals surface area contributed by atoms with Crippen LogP contribution in [0.1, 0.15) is 32.6 Å². The fraction of sp³-hybridized carbons (Fsp3) is 0.444. The molecule has 0 saturated carbocycles. The standard InChI is InChI=1S/C18H23F4NS/c1-2-16(19)12-14(6-7-17(23)8-9-24)10-13-4-3-5-15(11-13)18(20,21)22/h2,4,6-7,11-12,17,24H,3,5,8-10,23H2,1H3/b7-6+,14-12+,16-2+. The lowest BCUT2D eigenvalue weighted by Gasteiger charge is -2.17. The fourth-order valence-electron chi connectivity index (χ4n) is 2.26. The van der Waals surface area contributed by atoms with Gasteiger partial charge < -0.3 is 5.73 Å². The van der Waals surface area contributed by atoms with Gasteiger partial charge in [0.25, 0.3) is 0 Å². The summed E-state index contributed by atoms with van der Waals surface area (Å²) in [5.41, 5.74) is 6.43. The predicted molar refractivity (Wildman–Crippen MR) is 94.6 cm³/mol. The number of allylic oxidation sites excluding steroid dienone is 9. The summed E-state index contributed by atoms with van der Waals surface area (Å²) in [5.74, 6) is 0.185. The van der Waals surface area contributed by atoms with Crippen molar-refractivity contribution in [3.63, 3.8) is 0 Å². The lowest BCUT2D eigenvalue weighted by molar-refractivity contribution is -0.0941. The van der Waals surface area contributed by atoms with Crippen molar-refractivity contribution in [2.75, 3.05) is 5.75 Å². The summed E-state index contributed by atoms with van der Waals surface area (Å²) in [6, 6.07) is -0.221. The Labute approximate surface area is 146 Å². The first kappa shape index (κ1) is 20.8. The molecule has 0 spiro atoms. The lowest BCUT2D eigenvalue weighted by atomic mass is 9.94. The first-order valence-corrected chi connectivity index (χ1v) is 8.43. The molecule has 0 radical (unpaired) electrons. The van der Waals surface area contributed by atoms with Crippen molar-refractivity contribution in [2.24, 2.45) is 5.73 Å². The molecule has 0 bridgehead atoms. The Morgan fingerprint density at radius 1 is 1.42 bits per heavy atom. The van der Waals surface area contributed by atoms with Crippen molar-refractivity contribution < 1.29 is 17.6 Å². The SMILES string of the molecule is C\C=C(F)/C=C(\C=C\C(N)CCS)CC1=CCCC(C(F)(F)F)=C1. The minimum Gasteiger partial charge on any atom is -0.324 e. The molecule has 24 heavy (non-hydrogen) atoms. The number of alkyl halides is 3. The average Bonchev–Trinajstić information content (AvgIpc) is 2.52. The van der Waals surface area contributed by atoms with E-state index in [1.165, 1.54) is 12.2 Å². The van der Waals surface area contributed by atoms with Gasteiger partial charge >= 0.3 is 6.18 Å².